The van der Waals surface area contributed by atoms with Gasteiger partial charge in [-0.05, 0) is 5.38 Å². The van der Waals surface area contributed by atoms with Crippen LogP contribution in [0.3, 0.4) is 0 Å². The van der Waals surface area contributed by atoms with Gasteiger partial charge in [-0.2, -0.15) is 0 Å². The second-order valence-electron chi connectivity index (χ2n) is 3.56. The molecular formula is C9H13BOS. The van der Waals surface area contributed by atoms with E-state index in [1.807, 2.05) is 11.4 Å². The van der Waals surface area contributed by atoms with Crippen LogP contribution in [0.5, 0.6) is 0 Å². The molecule has 1 aromatic heterocycles. The average molecular weight is 180 g/mol. The van der Waals surface area contributed by atoms with Crippen molar-refractivity contribution in [1.82, 2.24) is 0 Å². The largest absolute Gasteiger partial charge is 0.384 e. The fourth-order valence-corrected chi connectivity index (χ4v) is 2.05. The van der Waals surface area contributed by atoms with Crippen LogP contribution < -0.4 is 5.46 Å². The van der Waals surface area contributed by atoms with Crippen LogP contribution in [0.1, 0.15) is 18.7 Å². The third-order valence-corrected chi connectivity index (χ3v) is 3.11. The van der Waals surface area contributed by atoms with E-state index in [1.54, 1.807) is 18.4 Å². The maximum absolute atomic E-state index is 5.64. The van der Waals surface area contributed by atoms with Crippen molar-refractivity contribution in [3.05, 3.63) is 16.3 Å². The van der Waals surface area contributed by atoms with Crippen LogP contribution in [-0.2, 0) is 10.2 Å². The van der Waals surface area contributed by atoms with Gasteiger partial charge in [0, 0.05) is 17.4 Å². The molecule has 0 atom stereocenters. The van der Waals surface area contributed by atoms with Crippen LogP contribution in [0.2, 0.25) is 0 Å². The molecule has 0 saturated carbocycles. The normalized spacial score (nSPS) is 11.9. The molecule has 0 fully saturated rings. The van der Waals surface area contributed by atoms with Crippen LogP contribution in [0, 0.1) is 0 Å². The van der Waals surface area contributed by atoms with E-state index in [0.29, 0.717) is 0 Å². The summed E-state index contributed by atoms with van der Waals surface area (Å²) in [6.45, 7) is 5.04. The van der Waals surface area contributed by atoms with Gasteiger partial charge in [-0.1, -0.05) is 25.4 Å². The molecule has 0 spiro atoms. The predicted molar refractivity (Wildman–Crippen MR) is 54.6 cm³/mol. The molecule has 0 unspecified atom stereocenters. The van der Waals surface area contributed by atoms with Gasteiger partial charge in [0.25, 0.3) is 0 Å². The predicted octanol–water partition coefficient (Wildman–Crippen LogP) is 1.47. The number of hydrogen-bond donors (Lipinski definition) is 0. The van der Waals surface area contributed by atoms with Crippen molar-refractivity contribution < 1.29 is 4.74 Å². The van der Waals surface area contributed by atoms with Gasteiger partial charge in [-0.25, -0.2) is 0 Å². The van der Waals surface area contributed by atoms with Gasteiger partial charge in [0.15, 0.2) is 0 Å². The van der Waals surface area contributed by atoms with Gasteiger partial charge in [-0.3, -0.25) is 0 Å². The summed E-state index contributed by atoms with van der Waals surface area (Å²) >= 11 is 1.69. The smallest absolute Gasteiger partial charge is 0.114 e. The second kappa shape index (κ2) is 3.63. The van der Waals surface area contributed by atoms with E-state index >= 15 is 0 Å². The molecule has 0 bridgehead atoms. The van der Waals surface area contributed by atoms with Crippen LogP contribution in [0.4, 0.5) is 0 Å². The van der Waals surface area contributed by atoms with Crippen molar-refractivity contribution in [2.75, 3.05) is 13.7 Å². The molecule has 2 radical (unpaired) electrons. The van der Waals surface area contributed by atoms with E-state index in [-0.39, 0.29) is 5.41 Å². The van der Waals surface area contributed by atoms with Gasteiger partial charge >= 0.3 is 0 Å². The Morgan fingerprint density at radius 2 is 2.25 bits per heavy atom. The zero-order valence-electron chi connectivity index (χ0n) is 7.76. The van der Waals surface area contributed by atoms with Crippen LogP contribution in [0.15, 0.2) is 11.4 Å². The molecular weight excluding hydrogens is 167 g/mol. The highest BCUT2D eigenvalue weighted by Gasteiger charge is 2.21. The molecule has 0 aromatic carbocycles. The summed E-state index contributed by atoms with van der Waals surface area (Å²) in [5.41, 5.74) is 0.927. The highest BCUT2D eigenvalue weighted by atomic mass is 32.1. The number of rotatable bonds is 3. The molecule has 1 aromatic rings. The fourth-order valence-electron chi connectivity index (χ4n) is 1.14. The van der Waals surface area contributed by atoms with Gasteiger partial charge in [0.05, 0.1) is 6.61 Å². The zero-order chi connectivity index (χ0) is 9.19. The van der Waals surface area contributed by atoms with Crippen LogP contribution in [0.25, 0.3) is 0 Å². The molecule has 0 aliphatic heterocycles. The van der Waals surface area contributed by atoms with E-state index in [2.05, 4.69) is 13.8 Å². The Bertz CT molecular complexity index is 255. The number of thiophene rings is 1. The van der Waals surface area contributed by atoms with E-state index in [1.165, 1.54) is 4.88 Å². The zero-order valence-corrected chi connectivity index (χ0v) is 8.57. The quantitative estimate of drug-likeness (QED) is 0.640. The molecule has 0 N–H and O–H groups in total. The number of hydrogen-bond acceptors (Lipinski definition) is 2. The lowest BCUT2D eigenvalue weighted by atomic mass is 9.90. The lowest BCUT2D eigenvalue weighted by Crippen LogP contribution is -2.22. The summed E-state index contributed by atoms with van der Waals surface area (Å²) in [6, 6.07) is 2.02. The van der Waals surface area contributed by atoms with E-state index in [4.69, 9.17) is 12.6 Å². The maximum atomic E-state index is 5.64. The Hall–Kier alpha value is -0.275. The number of methoxy groups -OCH3 is 1. The van der Waals surface area contributed by atoms with Crippen molar-refractivity contribution in [3.63, 3.8) is 0 Å². The van der Waals surface area contributed by atoms with E-state index in [9.17, 15) is 0 Å². The summed E-state index contributed by atoms with van der Waals surface area (Å²) in [6.07, 6.45) is 0. The van der Waals surface area contributed by atoms with E-state index < -0.39 is 0 Å². The second-order valence-corrected chi connectivity index (χ2v) is 4.47. The van der Waals surface area contributed by atoms with Gasteiger partial charge < -0.3 is 4.74 Å². The molecule has 12 heavy (non-hydrogen) atoms. The summed E-state index contributed by atoms with van der Waals surface area (Å²) in [5.74, 6) is 0. The van der Waals surface area contributed by atoms with Gasteiger partial charge in [0.2, 0.25) is 0 Å². The third kappa shape index (κ3) is 2.11. The van der Waals surface area contributed by atoms with Crippen LogP contribution in [-0.4, -0.2) is 21.6 Å². The Kier molecular flexibility index (Phi) is 2.96. The Balaban J connectivity index is 2.81. The van der Waals surface area contributed by atoms with Crippen molar-refractivity contribution in [3.8, 4) is 0 Å². The summed E-state index contributed by atoms with van der Waals surface area (Å²) < 4.78 is 5.14. The van der Waals surface area contributed by atoms with Gasteiger partial charge in [-0.15, -0.1) is 11.3 Å². The molecule has 64 valence electrons. The Labute approximate surface area is 79.2 Å². The van der Waals surface area contributed by atoms with Crippen molar-refractivity contribution >= 4 is 24.6 Å². The molecule has 0 saturated heterocycles. The molecule has 3 heteroatoms. The maximum Gasteiger partial charge on any atom is 0.114 e. The molecule has 0 aliphatic rings. The summed E-state index contributed by atoms with van der Waals surface area (Å²) in [7, 11) is 7.36. The fraction of sp³-hybridized carbons (Fsp3) is 0.556. The first-order valence-corrected chi connectivity index (χ1v) is 4.77. The minimum absolute atomic E-state index is 0.0804. The Morgan fingerprint density at radius 3 is 2.67 bits per heavy atom. The van der Waals surface area contributed by atoms with Crippen molar-refractivity contribution in [1.29, 1.82) is 0 Å². The summed E-state index contributed by atoms with van der Waals surface area (Å²) in [4.78, 5) is 1.28. The number of ether oxygens (including phenoxy) is 1. The van der Waals surface area contributed by atoms with Crippen molar-refractivity contribution in [2.24, 2.45) is 0 Å². The van der Waals surface area contributed by atoms with Crippen molar-refractivity contribution in [2.45, 2.75) is 19.3 Å². The first-order valence-electron chi connectivity index (χ1n) is 3.90. The SMILES string of the molecule is [B]c1csc(C(C)(C)COC)c1. The molecule has 1 rings (SSSR count). The molecule has 0 amide bonds. The first-order chi connectivity index (χ1) is 5.56. The summed E-state index contributed by atoms with van der Waals surface area (Å²) in [5, 5.41) is 1.97. The van der Waals surface area contributed by atoms with Gasteiger partial charge in [0.1, 0.15) is 7.85 Å². The lowest BCUT2D eigenvalue weighted by Gasteiger charge is -2.21. The average Bonchev–Trinajstić information content (AvgIpc) is 2.36. The first kappa shape index (κ1) is 9.81. The minimum atomic E-state index is 0.0804. The third-order valence-electron chi connectivity index (χ3n) is 1.79. The standard InChI is InChI=1S/C9H13BOS/c1-9(2,6-11-3)8-4-7(10)5-12-8/h4-5H,6H2,1-3H3. The van der Waals surface area contributed by atoms with Crippen LogP contribution >= 0.6 is 11.3 Å². The molecule has 1 nitrogen and oxygen atoms in total. The molecule has 1 heterocycles. The topological polar surface area (TPSA) is 9.23 Å². The lowest BCUT2D eigenvalue weighted by molar-refractivity contribution is 0.148. The monoisotopic (exact) mass is 180 g/mol. The highest BCUT2D eigenvalue weighted by Crippen LogP contribution is 2.26. The molecule has 0 aliphatic carbocycles. The van der Waals surface area contributed by atoms with E-state index in [0.717, 1.165) is 12.1 Å². The highest BCUT2D eigenvalue weighted by molar-refractivity contribution is 7.11. The Morgan fingerprint density at radius 1 is 1.58 bits per heavy atom. The minimum Gasteiger partial charge on any atom is -0.384 e.